The van der Waals surface area contributed by atoms with E-state index < -0.39 is 10.8 Å². The molecule has 1 aliphatic carbocycles. The van der Waals surface area contributed by atoms with Gasteiger partial charge in [-0.3, -0.25) is 4.21 Å². The molecule has 3 heteroatoms. The summed E-state index contributed by atoms with van der Waals surface area (Å²) in [6, 6.07) is 7.03. The molecule has 0 aromatic heterocycles. The van der Waals surface area contributed by atoms with Gasteiger partial charge < -0.3 is 5.32 Å². The maximum Gasteiger partial charge on any atom is 0.0529 e. The molecule has 0 aliphatic heterocycles. The van der Waals surface area contributed by atoms with Crippen LogP contribution in [0.2, 0.25) is 0 Å². The predicted molar refractivity (Wildman–Crippen MR) is 91.3 cm³/mol. The first-order valence-corrected chi connectivity index (χ1v) is 9.80. The van der Waals surface area contributed by atoms with Crippen molar-refractivity contribution in [3.8, 4) is 0 Å². The standard InChI is InChI=1S/C18H29NOS/c1-3-12-19-17(4-2)9-6-13-21(20)18-11-10-15-7-5-8-16(15)14-18/h10-11,14,17,19H,3-9,12-13H2,1-2H3. The maximum atomic E-state index is 12.4. The Morgan fingerprint density at radius 1 is 1.24 bits per heavy atom. The van der Waals surface area contributed by atoms with Gasteiger partial charge in [-0.15, -0.1) is 0 Å². The normalized spacial score (nSPS) is 16.7. The molecule has 1 aromatic rings. The summed E-state index contributed by atoms with van der Waals surface area (Å²) < 4.78 is 12.4. The Morgan fingerprint density at radius 3 is 2.81 bits per heavy atom. The largest absolute Gasteiger partial charge is 0.314 e. The fraction of sp³-hybridized carbons (Fsp3) is 0.667. The van der Waals surface area contributed by atoms with Crippen LogP contribution in [0.4, 0.5) is 0 Å². The molecule has 2 unspecified atom stereocenters. The van der Waals surface area contributed by atoms with Gasteiger partial charge in [-0.25, -0.2) is 0 Å². The van der Waals surface area contributed by atoms with Gasteiger partial charge in [0, 0.05) is 16.7 Å². The molecule has 0 fully saturated rings. The Kier molecular flexibility index (Phi) is 6.91. The molecule has 0 spiro atoms. The Balaban J connectivity index is 1.79. The van der Waals surface area contributed by atoms with Gasteiger partial charge in [-0.1, -0.05) is 19.9 Å². The van der Waals surface area contributed by atoms with E-state index in [1.54, 1.807) is 0 Å². The summed E-state index contributed by atoms with van der Waals surface area (Å²) in [6.45, 7) is 5.51. The minimum absolute atomic E-state index is 0.585. The molecule has 0 heterocycles. The van der Waals surface area contributed by atoms with E-state index in [1.165, 1.54) is 36.8 Å². The van der Waals surface area contributed by atoms with Crippen LogP contribution in [0.5, 0.6) is 0 Å². The molecule has 2 nitrogen and oxygen atoms in total. The lowest BCUT2D eigenvalue weighted by atomic mass is 10.1. The van der Waals surface area contributed by atoms with Crippen LogP contribution < -0.4 is 5.32 Å². The van der Waals surface area contributed by atoms with Crippen molar-refractivity contribution in [1.82, 2.24) is 5.32 Å². The molecule has 0 amide bonds. The highest BCUT2D eigenvalue weighted by Gasteiger charge is 2.13. The Morgan fingerprint density at radius 2 is 2.05 bits per heavy atom. The molecule has 2 atom stereocenters. The van der Waals surface area contributed by atoms with E-state index in [9.17, 15) is 4.21 Å². The third-order valence-electron chi connectivity index (χ3n) is 4.39. The molecule has 1 N–H and O–H groups in total. The van der Waals surface area contributed by atoms with E-state index in [0.717, 1.165) is 36.5 Å². The van der Waals surface area contributed by atoms with Crippen molar-refractivity contribution in [3.05, 3.63) is 29.3 Å². The number of hydrogen-bond acceptors (Lipinski definition) is 2. The number of rotatable bonds is 9. The highest BCUT2D eigenvalue weighted by molar-refractivity contribution is 7.85. The maximum absolute atomic E-state index is 12.4. The van der Waals surface area contributed by atoms with Gasteiger partial charge >= 0.3 is 0 Å². The number of aryl methyl sites for hydroxylation is 2. The first kappa shape index (κ1) is 16.7. The van der Waals surface area contributed by atoms with Crippen molar-refractivity contribution in [2.75, 3.05) is 12.3 Å². The second-order valence-electron chi connectivity index (χ2n) is 6.04. The zero-order valence-electron chi connectivity index (χ0n) is 13.5. The first-order valence-electron chi connectivity index (χ1n) is 8.48. The van der Waals surface area contributed by atoms with E-state index in [4.69, 9.17) is 0 Å². The number of fused-ring (bicyclic) bond motifs is 1. The predicted octanol–water partition coefficient (Wildman–Crippen LogP) is 3.84. The lowest BCUT2D eigenvalue weighted by molar-refractivity contribution is 0.464. The molecule has 1 aromatic carbocycles. The number of nitrogens with one attached hydrogen (secondary N) is 1. The second-order valence-corrected chi connectivity index (χ2v) is 7.61. The Labute approximate surface area is 132 Å². The highest BCUT2D eigenvalue weighted by atomic mass is 32.2. The average Bonchev–Trinajstić information content (AvgIpc) is 2.97. The van der Waals surface area contributed by atoms with Crippen molar-refractivity contribution in [2.45, 2.75) is 69.7 Å². The van der Waals surface area contributed by atoms with Gasteiger partial charge in [-0.2, -0.15) is 0 Å². The Bertz CT molecular complexity index is 472. The third-order valence-corrected chi connectivity index (χ3v) is 5.83. The highest BCUT2D eigenvalue weighted by Crippen LogP contribution is 2.24. The monoisotopic (exact) mass is 307 g/mol. The van der Waals surface area contributed by atoms with Crippen LogP contribution in [0.3, 0.4) is 0 Å². The molecular formula is C18H29NOS. The van der Waals surface area contributed by atoms with Crippen LogP contribution in [0.25, 0.3) is 0 Å². The van der Waals surface area contributed by atoms with Crippen molar-refractivity contribution in [1.29, 1.82) is 0 Å². The van der Waals surface area contributed by atoms with Crippen LogP contribution in [0.15, 0.2) is 23.1 Å². The molecule has 0 saturated carbocycles. The third kappa shape index (κ3) is 4.93. The minimum atomic E-state index is -0.828. The van der Waals surface area contributed by atoms with Crippen LogP contribution in [0.1, 0.15) is 57.1 Å². The molecule has 21 heavy (non-hydrogen) atoms. The summed E-state index contributed by atoms with van der Waals surface area (Å²) >= 11 is 0. The van der Waals surface area contributed by atoms with Gasteiger partial charge in [0.15, 0.2) is 0 Å². The second kappa shape index (κ2) is 8.70. The molecule has 118 valence electrons. The smallest absolute Gasteiger partial charge is 0.0529 e. The van der Waals surface area contributed by atoms with Crippen molar-refractivity contribution < 1.29 is 4.21 Å². The summed E-state index contributed by atoms with van der Waals surface area (Å²) in [7, 11) is -0.828. The SMILES string of the molecule is CCCNC(CC)CCCS(=O)c1ccc2c(c1)CCC2. The lowest BCUT2D eigenvalue weighted by Gasteiger charge is -2.16. The topological polar surface area (TPSA) is 29.1 Å². The van der Waals surface area contributed by atoms with Crippen molar-refractivity contribution >= 4 is 10.8 Å². The van der Waals surface area contributed by atoms with Gasteiger partial charge in [0.2, 0.25) is 0 Å². The summed E-state index contributed by atoms with van der Waals surface area (Å²) in [5.74, 6) is 0.795. The minimum Gasteiger partial charge on any atom is -0.314 e. The van der Waals surface area contributed by atoms with E-state index in [2.05, 4.69) is 37.4 Å². The van der Waals surface area contributed by atoms with Crippen molar-refractivity contribution in [3.63, 3.8) is 0 Å². The molecular weight excluding hydrogens is 278 g/mol. The summed E-state index contributed by atoms with van der Waals surface area (Å²) in [6.07, 6.45) is 8.13. The van der Waals surface area contributed by atoms with Gasteiger partial charge in [0.05, 0.1) is 10.8 Å². The molecule has 1 aliphatic rings. The van der Waals surface area contributed by atoms with E-state index in [1.807, 2.05) is 0 Å². The zero-order valence-corrected chi connectivity index (χ0v) is 14.3. The Hall–Kier alpha value is -0.670. The van der Waals surface area contributed by atoms with Crippen molar-refractivity contribution in [2.24, 2.45) is 0 Å². The van der Waals surface area contributed by atoms with E-state index in [0.29, 0.717) is 6.04 Å². The van der Waals surface area contributed by atoms with Crippen LogP contribution in [-0.2, 0) is 23.6 Å². The average molecular weight is 308 g/mol. The number of hydrogen-bond donors (Lipinski definition) is 1. The molecule has 0 saturated heterocycles. The van der Waals surface area contributed by atoms with Crippen LogP contribution in [-0.4, -0.2) is 22.5 Å². The quantitative estimate of drug-likeness (QED) is 0.751. The van der Waals surface area contributed by atoms with E-state index in [-0.39, 0.29) is 0 Å². The summed E-state index contributed by atoms with van der Waals surface area (Å²) in [4.78, 5) is 1.03. The first-order chi connectivity index (χ1) is 10.2. The van der Waals surface area contributed by atoms with E-state index >= 15 is 0 Å². The van der Waals surface area contributed by atoms with Gasteiger partial charge in [0.1, 0.15) is 0 Å². The summed E-state index contributed by atoms with van der Waals surface area (Å²) in [5.41, 5.74) is 2.89. The van der Waals surface area contributed by atoms with Crippen LogP contribution >= 0.6 is 0 Å². The lowest BCUT2D eigenvalue weighted by Crippen LogP contribution is -2.29. The fourth-order valence-electron chi connectivity index (χ4n) is 3.07. The zero-order chi connectivity index (χ0) is 15.1. The van der Waals surface area contributed by atoms with Gasteiger partial charge in [-0.05, 0) is 74.8 Å². The summed E-state index contributed by atoms with van der Waals surface area (Å²) in [5, 5.41) is 3.57. The molecule has 0 radical (unpaired) electrons. The number of benzene rings is 1. The van der Waals surface area contributed by atoms with Crippen LogP contribution in [0, 0.1) is 0 Å². The fourth-order valence-corrected chi connectivity index (χ4v) is 4.23. The molecule has 2 rings (SSSR count). The molecule has 0 bridgehead atoms. The van der Waals surface area contributed by atoms with Gasteiger partial charge in [0.25, 0.3) is 0 Å².